The molecule has 0 aliphatic carbocycles. The van der Waals surface area contributed by atoms with Gasteiger partial charge >= 0.3 is 0 Å². The van der Waals surface area contributed by atoms with E-state index in [1.807, 2.05) is 37.3 Å². The Hall–Kier alpha value is -3.38. The predicted molar refractivity (Wildman–Crippen MR) is 141 cm³/mol. The fraction of sp³-hybridized carbons (Fsp3) is 0.379. The third-order valence-electron chi connectivity index (χ3n) is 6.82. The summed E-state index contributed by atoms with van der Waals surface area (Å²) in [5, 5.41) is 3.02. The van der Waals surface area contributed by atoms with Gasteiger partial charge in [-0.2, -0.15) is 0 Å². The van der Waals surface area contributed by atoms with Crippen LogP contribution in [0.1, 0.15) is 39.2 Å². The number of nitrogens with zero attached hydrogens (tertiary/aromatic N) is 3. The van der Waals surface area contributed by atoms with E-state index < -0.39 is 0 Å². The van der Waals surface area contributed by atoms with E-state index in [0.29, 0.717) is 17.8 Å². The van der Waals surface area contributed by atoms with Crippen LogP contribution in [0.2, 0.25) is 0 Å². The minimum Gasteiger partial charge on any atom is -0.369 e. The number of hydrogen-bond donors (Lipinski definition) is 1. The van der Waals surface area contributed by atoms with Gasteiger partial charge in [0.05, 0.1) is 5.69 Å². The van der Waals surface area contributed by atoms with Crippen LogP contribution >= 0.6 is 0 Å². The Morgan fingerprint density at radius 2 is 1.66 bits per heavy atom. The number of carbonyl (C=O) groups is 2. The summed E-state index contributed by atoms with van der Waals surface area (Å²) < 4.78 is 1.73. The van der Waals surface area contributed by atoms with E-state index in [9.17, 15) is 9.59 Å². The molecule has 1 aliphatic heterocycles. The number of ketones is 1. The fourth-order valence-electron chi connectivity index (χ4n) is 4.74. The van der Waals surface area contributed by atoms with Gasteiger partial charge in [0.25, 0.3) is 0 Å². The first-order chi connectivity index (χ1) is 16.9. The van der Waals surface area contributed by atoms with Crippen LogP contribution in [0.5, 0.6) is 0 Å². The van der Waals surface area contributed by atoms with Crippen LogP contribution in [0.4, 0.5) is 5.69 Å². The van der Waals surface area contributed by atoms with Crippen LogP contribution in [-0.2, 0) is 11.3 Å². The molecule has 2 heterocycles. The fourth-order valence-corrected chi connectivity index (χ4v) is 4.74. The van der Waals surface area contributed by atoms with Gasteiger partial charge in [-0.3, -0.25) is 14.5 Å². The lowest BCUT2D eigenvalue weighted by Crippen LogP contribution is -2.47. The van der Waals surface area contributed by atoms with E-state index in [1.165, 1.54) is 16.8 Å². The van der Waals surface area contributed by atoms with E-state index in [-0.39, 0.29) is 18.2 Å². The van der Waals surface area contributed by atoms with Crippen molar-refractivity contribution in [1.29, 1.82) is 0 Å². The van der Waals surface area contributed by atoms with Gasteiger partial charge in [-0.1, -0.05) is 36.4 Å². The number of anilines is 1. The van der Waals surface area contributed by atoms with Crippen molar-refractivity contribution >= 4 is 17.4 Å². The van der Waals surface area contributed by atoms with Gasteiger partial charge in [0.1, 0.15) is 6.54 Å². The minimum absolute atomic E-state index is 0.0547. The molecule has 6 nitrogen and oxygen atoms in total. The first-order valence-electron chi connectivity index (χ1n) is 12.5. The molecule has 1 aliphatic rings. The molecule has 0 saturated carbocycles. The maximum absolute atomic E-state index is 13.0. The van der Waals surface area contributed by atoms with E-state index >= 15 is 0 Å². The highest BCUT2D eigenvalue weighted by Crippen LogP contribution is 2.23. The molecule has 3 aromatic rings. The summed E-state index contributed by atoms with van der Waals surface area (Å²) in [5.41, 5.74) is 6.13. The molecule has 2 aromatic carbocycles. The zero-order valence-electron chi connectivity index (χ0n) is 21.1. The molecule has 184 valence electrons. The van der Waals surface area contributed by atoms with Crippen LogP contribution in [0.3, 0.4) is 0 Å². The van der Waals surface area contributed by atoms with Crippen LogP contribution in [0.15, 0.2) is 60.8 Å². The number of amides is 1. The standard InChI is InChI=1S/C29H36N4O2/c1-22-11-12-24(3)27(20-22)32-18-16-31(17-19-32)14-7-13-30-28(34)21-33-15-6-10-26(33)29(35)25-9-5-4-8-23(25)2/h4-6,8-12,15,20H,7,13-14,16-19,21H2,1-3H3,(H,30,34). The number of hydrogen-bond acceptors (Lipinski definition) is 4. The molecular formula is C29H36N4O2. The summed E-state index contributed by atoms with van der Waals surface area (Å²) in [4.78, 5) is 30.4. The highest BCUT2D eigenvalue weighted by Gasteiger charge is 2.19. The first-order valence-corrected chi connectivity index (χ1v) is 12.5. The number of piperazine rings is 1. The van der Waals surface area contributed by atoms with Crippen LogP contribution in [0, 0.1) is 20.8 Å². The monoisotopic (exact) mass is 472 g/mol. The zero-order chi connectivity index (χ0) is 24.8. The van der Waals surface area contributed by atoms with E-state index in [2.05, 4.69) is 47.2 Å². The molecule has 0 atom stereocenters. The number of aryl methyl sites for hydroxylation is 3. The smallest absolute Gasteiger partial charge is 0.239 e. The Labute approximate surface area is 208 Å². The number of aromatic nitrogens is 1. The highest BCUT2D eigenvalue weighted by atomic mass is 16.2. The van der Waals surface area contributed by atoms with Crippen molar-refractivity contribution in [3.05, 3.63) is 88.7 Å². The normalized spacial score (nSPS) is 14.2. The van der Waals surface area contributed by atoms with Gasteiger partial charge in [-0.25, -0.2) is 0 Å². The van der Waals surface area contributed by atoms with Gasteiger partial charge in [-0.15, -0.1) is 0 Å². The second kappa shape index (κ2) is 11.4. The summed E-state index contributed by atoms with van der Waals surface area (Å²) in [6.45, 7) is 12.1. The quantitative estimate of drug-likeness (QED) is 0.378. The molecule has 1 saturated heterocycles. The zero-order valence-corrected chi connectivity index (χ0v) is 21.1. The van der Waals surface area contributed by atoms with Gasteiger partial charge < -0.3 is 14.8 Å². The first kappa shape index (κ1) is 24.7. The average molecular weight is 473 g/mol. The number of rotatable bonds is 9. The summed E-state index contributed by atoms with van der Waals surface area (Å²) >= 11 is 0. The molecule has 4 rings (SSSR count). The Bertz CT molecular complexity index is 1170. The molecule has 1 N–H and O–H groups in total. The minimum atomic E-state index is -0.0697. The van der Waals surface area contributed by atoms with Gasteiger partial charge in [0.2, 0.25) is 11.7 Å². The number of carbonyl (C=O) groups excluding carboxylic acids is 2. The Morgan fingerprint density at radius 1 is 0.886 bits per heavy atom. The van der Waals surface area contributed by atoms with Crippen molar-refractivity contribution in [2.75, 3.05) is 44.2 Å². The topological polar surface area (TPSA) is 57.6 Å². The largest absolute Gasteiger partial charge is 0.369 e. The molecule has 0 bridgehead atoms. The summed E-state index contributed by atoms with van der Waals surface area (Å²) in [5.74, 6) is -0.124. The Balaban J connectivity index is 1.19. The van der Waals surface area contributed by atoms with E-state index in [1.54, 1.807) is 16.8 Å². The van der Waals surface area contributed by atoms with Crippen LogP contribution < -0.4 is 10.2 Å². The lowest BCUT2D eigenvalue weighted by Gasteiger charge is -2.37. The molecule has 6 heteroatoms. The Morgan fingerprint density at radius 3 is 2.43 bits per heavy atom. The molecule has 1 amide bonds. The van der Waals surface area contributed by atoms with Crippen molar-refractivity contribution in [2.45, 2.75) is 33.7 Å². The van der Waals surface area contributed by atoms with Crippen molar-refractivity contribution in [3.8, 4) is 0 Å². The molecule has 0 radical (unpaired) electrons. The molecular weight excluding hydrogens is 436 g/mol. The summed E-state index contributed by atoms with van der Waals surface area (Å²) in [7, 11) is 0. The lowest BCUT2D eigenvalue weighted by atomic mass is 10.0. The molecule has 0 unspecified atom stereocenters. The van der Waals surface area contributed by atoms with Crippen LogP contribution in [0.25, 0.3) is 0 Å². The maximum Gasteiger partial charge on any atom is 0.239 e. The van der Waals surface area contributed by atoms with Crippen molar-refractivity contribution < 1.29 is 9.59 Å². The molecule has 35 heavy (non-hydrogen) atoms. The van der Waals surface area contributed by atoms with Gasteiger partial charge in [0.15, 0.2) is 0 Å². The number of benzene rings is 2. The second-order valence-corrected chi connectivity index (χ2v) is 9.49. The van der Waals surface area contributed by atoms with Crippen molar-refractivity contribution in [3.63, 3.8) is 0 Å². The second-order valence-electron chi connectivity index (χ2n) is 9.49. The van der Waals surface area contributed by atoms with E-state index in [0.717, 1.165) is 44.7 Å². The summed E-state index contributed by atoms with van der Waals surface area (Å²) in [6, 6.07) is 17.8. The highest BCUT2D eigenvalue weighted by molar-refractivity contribution is 6.09. The SMILES string of the molecule is Cc1ccc(C)c(N2CCN(CCCNC(=O)Cn3cccc3C(=O)c3ccccc3C)CC2)c1. The molecule has 1 aromatic heterocycles. The molecule has 1 fully saturated rings. The maximum atomic E-state index is 13.0. The average Bonchev–Trinajstić information content (AvgIpc) is 3.31. The third-order valence-corrected chi connectivity index (χ3v) is 6.82. The van der Waals surface area contributed by atoms with Gasteiger partial charge in [0, 0.05) is 50.2 Å². The van der Waals surface area contributed by atoms with Crippen molar-refractivity contribution in [1.82, 2.24) is 14.8 Å². The third kappa shape index (κ3) is 6.20. The van der Waals surface area contributed by atoms with Crippen LogP contribution in [-0.4, -0.2) is 60.4 Å². The van der Waals surface area contributed by atoms with Gasteiger partial charge in [-0.05, 0) is 68.6 Å². The summed E-state index contributed by atoms with van der Waals surface area (Å²) in [6.07, 6.45) is 2.70. The number of nitrogens with one attached hydrogen (secondary N) is 1. The molecule has 0 spiro atoms. The van der Waals surface area contributed by atoms with E-state index in [4.69, 9.17) is 0 Å². The lowest BCUT2D eigenvalue weighted by molar-refractivity contribution is -0.121. The Kier molecular flexibility index (Phi) is 8.03. The van der Waals surface area contributed by atoms with Crippen molar-refractivity contribution in [2.24, 2.45) is 0 Å². The predicted octanol–water partition coefficient (Wildman–Crippen LogP) is 3.97.